The number of aromatic nitrogens is 3. The van der Waals surface area contributed by atoms with E-state index in [1.165, 1.54) is 23.0 Å². The third-order valence-corrected chi connectivity index (χ3v) is 4.81. The lowest BCUT2D eigenvalue weighted by atomic mass is 10.1. The van der Waals surface area contributed by atoms with Crippen LogP contribution in [-0.2, 0) is 0 Å². The lowest BCUT2D eigenvalue weighted by Gasteiger charge is -2.15. The second-order valence-electron chi connectivity index (χ2n) is 6.08. The molecule has 0 aliphatic carbocycles. The number of hydrogen-bond acceptors (Lipinski definition) is 4. The lowest BCUT2D eigenvalue weighted by Crippen LogP contribution is -2.26. The van der Waals surface area contributed by atoms with Gasteiger partial charge < -0.3 is 10.6 Å². The van der Waals surface area contributed by atoms with Gasteiger partial charge in [-0.05, 0) is 46.6 Å². The zero-order valence-electron chi connectivity index (χ0n) is 15.5. The molecule has 0 spiro atoms. The van der Waals surface area contributed by atoms with E-state index in [0.29, 0.717) is 31.7 Å². The number of anilines is 1. The van der Waals surface area contributed by atoms with Gasteiger partial charge in [-0.3, -0.25) is 9.59 Å². The van der Waals surface area contributed by atoms with Crippen LogP contribution in [0.15, 0.2) is 41.1 Å². The second kappa shape index (κ2) is 9.30. The molecule has 0 aliphatic rings. The Hall–Kier alpha value is -2.86. The second-order valence-corrected chi connectivity index (χ2v) is 7.77. The van der Waals surface area contributed by atoms with E-state index in [0.717, 1.165) is 0 Å². The first-order chi connectivity index (χ1) is 14.3. The minimum Gasteiger partial charge on any atom is -0.341 e. The van der Waals surface area contributed by atoms with Crippen LogP contribution in [-0.4, -0.2) is 33.1 Å². The van der Waals surface area contributed by atoms with Crippen LogP contribution >= 0.6 is 39.1 Å². The fraction of sp³-hybridized carbons (Fsp3) is 0.100. The van der Waals surface area contributed by atoms with Crippen LogP contribution in [0.2, 0.25) is 10.0 Å². The third-order valence-electron chi connectivity index (χ3n) is 3.97. The summed E-state index contributed by atoms with van der Waals surface area (Å²) in [6.45, 7) is 1.77. The molecule has 2 heterocycles. The van der Waals surface area contributed by atoms with Gasteiger partial charge in [-0.1, -0.05) is 29.1 Å². The summed E-state index contributed by atoms with van der Waals surface area (Å²) in [5.74, 6) is 1.72. The Kier molecular flexibility index (Phi) is 6.77. The summed E-state index contributed by atoms with van der Waals surface area (Å²) in [5.41, 5.74) is 1.28. The third kappa shape index (κ3) is 4.82. The number of carbonyl (C=O) groups is 2. The van der Waals surface area contributed by atoms with E-state index < -0.39 is 11.8 Å². The molecule has 1 aromatic carbocycles. The molecule has 0 atom stereocenters. The number of amides is 2. The van der Waals surface area contributed by atoms with Crippen LogP contribution in [0.25, 0.3) is 5.82 Å². The normalized spacial score (nSPS) is 10.4. The molecule has 152 valence electrons. The molecular weight excluding hydrogens is 493 g/mol. The smallest absolute Gasteiger partial charge is 0.274 e. The van der Waals surface area contributed by atoms with E-state index in [1.54, 1.807) is 25.1 Å². The van der Waals surface area contributed by atoms with Crippen molar-refractivity contribution in [3.05, 3.63) is 68.0 Å². The predicted octanol–water partition coefficient (Wildman–Crippen LogP) is 4.26. The van der Waals surface area contributed by atoms with Crippen molar-refractivity contribution in [1.29, 1.82) is 0 Å². The van der Waals surface area contributed by atoms with Crippen molar-refractivity contribution in [2.24, 2.45) is 0 Å². The highest BCUT2D eigenvalue weighted by Crippen LogP contribution is 2.27. The van der Waals surface area contributed by atoms with Gasteiger partial charge >= 0.3 is 0 Å². The molecule has 10 heteroatoms. The van der Waals surface area contributed by atoms with Gasteiger partial charge in [0, 0.05) is 28.4 Å². The van der Waals surface area contributed by atoms with Crippen molar-refractivity contribution in [1.82, 2.24) is 20.1 Å². The van der Waals surface area contributed by atoms with Crippen molar-refractivity contribution in [2.45, 2.75) is 6.92 Å². The van der Waals surface area contributed by atoms with Crippen LogP contribution in [0.5, 0.6) is 0 Å². The Morgan fingerprint density at radius 3 is 2.67 bits per heavy atom. The maximum Gasteiger partial charge on any atom is 0.274 e. The van der Waals surface area contributed by atoms with Crippen LogP contribution in [0.3, 0.4) is 0 Å². The Labute approximate surface area is 190 Å². The molecule has 0 saturated heterocycles. The molecular formula is C20H14BrCl2N5O2. The number of nitrogens with zero attached hydrogens (tertiary/aromatic N) is 3. The zero-order valence-corrected chi connectivity index (χ0v) is 18.6. The van der Waals surface area contributed by atoms with Gasteiger partial charge in [-0.15, -0.1) is 6.42 Å². The Bertz CT molecular complexity index is 1190. The standard InChI is InChI=1S/C20H14BrCl2N5O2/c1-3-5-25-19(29)14-8-13(23)7-11(2)18(14)26-20(30)15-10-16(21)27-28(15)17-9-12(22)4-6-24-17/h1,4,6-10H,5H2,2H3,(H,25,29)(H,26,30). The monoisotopic (exact) mass is 505 g/mol. The number of rotatable bonds is 5. The Balaban J connectivity index is 2.00. The Morgan fingerprint density at radius 1 is 1.20 bits per heavy atom. The molecule has 7 nitrogen and oxygen atoms in total. The van der Waals surface area contributed by atoms with Crippen molar-refractivity contribution in [3.8, 4) is 18.2 Å². The number of pyridine rings is 1. The van der Waals surface area contributed by atoms with E-state index in [9.17, 15) is 9.59 Å². The molecule has 3 rings (SSSR count). The van der Waals surface area contributed by atoms with Crippen molar-refractivity contribution < 1.29 is 9.59 Å². The number of hydrogen-bond donors (Lipinski definition) is 2. The summed E-state index contributed by atoms with van der Waals surface area (Å²) in [6, 6.07) is 7.81. The molecule has 0 radical (unpaired) electrons. The number of terminal acetylenes is 1. The average molecular weight is 507 g/mol. The molecule has 2 N–H and O–H groups in total. The molecule has 2 amide bonds. The summed E-state index contributed by atoms with van der Waals surface area (Å²) in [4.78, 5) is 29.8. The molecule has 3 aromatic rings. The van der Waals surface area contributed by atoms with E-state index in [4.69, 9.17) is 29.6 Å². The van der Waals surface area contributed by atoms with Gasteiger partial charge in [0.05, 0.1) is 17.8 Å². The van der Waals surface area contributed by atoms with Crippen LogP contribution in [0, 0.1) is 19.3 Å². The van der Waals surface area contributed by atoms with Crippen LogP contribution in [0.1, 0.15) is 26.4 Å². The summed E-state index contributed by atoms with van der Waals surface area (Å²) in [7, 11) is 0. The number of nitrogens with one attached hydrogen (secondary N) is 2. The largest absolute Gasteiger partial charge is 0.341 e. The first kappa shape index (κ1) is 21.8. The number of carbonyl (C=O) groups excluding carboxylic acids is 2. The summed E-state index contributed by atoms with van der Waals surface area (Å²) < 4.78 is 1.77. The first-order valence-corrected chi connectivity index (χ1v) is 10.1. The van der Waals surface area contributed by atoms with Gasteiger partial charge in [-0.25, -0.2) is 9.67 Å². The predicted molar refractivity (Wildman–Crippen MR) is 119 cm³/mol. The van der Waals surface area contributed by atoms with E-state index >= 15 is 0 Å². The SMILES string of the molecule is C#CCNC(=O)c1cc(Cl)cc(C)c1NC(=O)c1cc(Br)nn1-c1cc(Cl)ccn1. The fourth-order valence-corrected chi connectivity index (χ4v) is 3.49. The fourth-order valence-electron chi connectivity index (χ4n) is 2.69. The minimum atomic E-state index is -0.508. The van der Waals surface area contributed by atoms with Crippen molar-refractivity contribution >= 4 is 56.6 Å². The van der Waals surface area contributed by atoms with Crippen molar-refractivity contribution in [2.75, 3.05) is 11.9 Å². The first-order valence-electron chi connectivity index (χ1n) is 8.51. The topological polar surface area (TPSA) is 88.9 Å². The molecule has 0 saturated carbocycles. The number of benzene rings is 1. The molecule has 0 unspecified atom stereocenters. The van der Waals surface area contributed by atoms with E-state index in [-0.39, 0.29) is 17.8 Å². The minimum absolute atomic E-state index is 0.0396. The maximum atomic E-state index is 13.1. The van der Waals surface area contributed by atoms with E-state index in [2.05, 4.69) is 42.6 Å². The summed E-state index contributed by atoms with van der Waals surface area (Å²) >= 11 is 15.4. The lowest BCUT2D eigenvalue weighted by molar-refractivity contribution is 0.0959. The molecule has 0 bridgehead atoms. The summed E-state index contributed by atoms with van der Waals surface area (Å²) in [5, 5.41) is 10.4. The average Bonchev–Trinajstić information content (AvgIpc) is 3.09. The van der Waals surface area contributed by atoms with Gasteiger partial charge in [0.1, 0.15) is 10.3 Å². The zero-order chi connectivity index (χ0) is 21.8. The van der Waals surface area contributed by atoms with Crippen LogP contribution in [0.4, 0.5) is 5.69 Å². The van der Waals surface area contributed by atoms with Crippen LogP contribution < -0.4 is 10.6 Å². The highest BCUT2D eigenvalue weighted by atomic mass is 79.9. The van der Waals surface area contributed by atoms with E-state index in [1.807, 2.05) is 0 Å². The maximum absolute atomic E-state index is 13.1. The molecule has 30 heavy (non-hydrogen) atoms. The van der Waals surface area contributed by atoms with Gasteiger partial charge in [0.2, 0.25) is 0 Å². The highest BCUT2D eigenvalue weighted by Gasteiger charge is 2.21. The number of aryl methyl sites for hydroxylation is 1. The quantitative estimate of drug-likeness (QED) is 0.506. The van der Waals surface area contributed by atoms with Crippen molar-refractivity contribution in [3.63, 3.8) is 0 Å². The molecule has 0 fully saturated rings. The highest BCUT2D eigenvalue weighted by molar-refractivity contribution is 9.10. The Morgan fingerprint density at radius 2 is 1.97 bits per heavy atom. The molecule has 2 aromatic heterocycles. The molecule has 0 aliphatic heterocycles. The van der Waals surface area contributed by atoms with Gasteiger partial charge in [-0.2, -0.15) is 5.10 Å². The van der Waals surface area contributed by atoms with Gasteiger partial charge in [0.25, 0.3) is 11.8 Å². The number of halogens is 3. The van der Waals surface area contributed by atoms with Gasteiger partial charge in [0.15, 0.2) is 5.82 Å². The summed E-state index contributed by atoms with van der Waals surface area (Å²) in [6.07, 6.45) is 6.71.